The van der Waals surface area contributed by atoms with Gasteiger partial charge in [-0.05, 0) is 17.9 Å². The summed E-state index contributed by atoms with van der Waals surface area (Å²) >= 11 is 5.27. The molecular weight excluding hydrogens is 252 g/mol. The van der Waals surface area contributed by atoms with Gasteiger partial charge in [-0.2, -0.15) is 0 Å². The first-order valence-corrected chi connectivity index (χ1v) is 6.35. The van der Waals surface area contributed by atoms with E-state index >= 15 is 0 Å². The van der Waals surface area contributed by atoms with Crippen molar-refractivity contribution in [3.05, 3.63) is 35.9 Å². The van der Waals surface area contributed by atoms with E-state index in [0.717, 1.165) is 6.42 Å². The average Bonchev–Trinajstić information content (AvgIpc) is 2.39. The molecule has 0 saturated carbocycles. The number of rotatable bonds is 5. The van der Waals surface area contributed by atoms with E-state index in [4.69, 9.17) is 11.6 Å². The standard InChI is InChI=1S/C13H17ClN2O2/c1-10(11-5-3-2-4-6-11)7-8-15-13(18)16-12(17)9-14/h2-6,10H,7-9H2,1H3,(H2,15,16,17,18). The van der Waals surface area contributed by atoms with E-state index in [0.29, 0.717) is 12.5 Å². The molecular formula is C13H17ClN2O2. The van der Waals surface area contributed by atoms with E-state index < -0.39 is 11.9 Å². The third kappa shape index (κ3) is 5.19. The molecule has 3 amide bonds. The molecule has 0 heterocycles. The van der Waals surface area contributed by atoms with Gasteiger partial charge in [-0.1, -0.05) is 37.3 Å². The monoisotopic (exact) mass is 268 g/mol. The second-order valence-corrected chi connectivity index (χ2v) is 4.31. The lowest BCUT2D eigenvalue weighted by Crippen LogP contribution is -2.40. The van der Waals surface area contributed by atoms with Crippen LogP contribution in [0.4, 0.5) is 4.79 Å². The van der Waals surface area contributed by atoms with Gasteiger partial charge in [0.15, 0.2) is 0 Å². The van der Waals surface area contributed by atoms with Crippen LogP contribution in [0.2, 0.25) is 0 Å². The van der Waals surface area contributed by atoms with Gasteiger partial charge in [-0.15, -0.1) is 11.6 Å². The highest BCUT2D eigenvalue weighted by atomic mass is 35.5. The lowest BCUT2D eigenvalue weighted by atomic mass is 9.98. The van der Waals surface area contributed by atoms with Crippen molar-refractivity contribution in [2.24, 2.45) is 0 Å². The summed E-state index contributed by atoms with van der Waals surface area (Å²) in [4.78, 5) is 22.1. The minimum absolute atomic E-state index is 0.214. The zero-order valence-electron chi connectivity index (χ0n) is 10.3. The van der Waals surface area contributed by atoms with Gasteiger partial charge in [0.2, 0.25) is 5.91 Å². The van der Waals surface area contributed by atoms with Crippen molar-refractivity contribution in [1.29, 1.82) is 0 Å². The zero-order valence-corrected chi connectivity index (χ0v) is 11.0. The number of carbonyl (C=O) groups excluding carboxylic acids is 2. The topological polar surface area (TPSA) is 58.2 Å². The summed E-state index contributed by atoms with van der Waals surface area (Å²) in [5.74, 6) is -0.353. The molecule has 4 nitrogen and oxygen atoms in total. The molecule has 1 atom stereocenters. The number of urea groups is 1. The summed E-state index contributed by atoms with van der Waals surface area (Å²) in [5.41, 5.74) is 1.23. The summed E-state index contributed by atoms with van der Waals surface area (Å²) < 4.78 is 0. The van der Waals surface area contributed by atoms with Gasteiger partial charge >= 0.3 is 6.03 Å². The van der Waals surface area contributed by atoms with Crippen LogP contribution in [0.5, 0.6) is 0 Å². The van der Waals surface area contributed by atoms with Gasteiger partial charge in [0.1, 0.15) is 5.88 Å². The molecule has 2 N–H and O–H groups in total. The van der Waals surface area contributed by atoms with Crippen LogP contribution in [-0.2, 0) is 4.79 Å². The predicted octanol–water partition coefficient (Wildman–Crippen LogP) is 2.24. The number of nitrogens with one attached hydrogen (secondary N) is 2. The smallest absolute Gasteiger partial charge is 0.321 e. The summed E-state index contributed by atoms with van der Waals surface area (Å²) in [6.45, 7) is 2.61. The second kappa shape index (κ2) is 7.71. The molecule has 18 heavy (non-hydrogen) atoms. The number of halogens is 1. The largest absolute Gasteiger partial charge is 0.338 e. The molecule has 0 radical (unpaired) electrons. The van der Waals surface area contributed by atoms with E-state index in [9.17, 15) is 9.59 Å². The van der Waals surface area contributed by atoms with E-state index in [-0.39, 0.29) is 5.88 Å². The first-order valence-electron chi connectivity index (χ1n) is 5.82. The molecule has 1 unspecified atom stereocenters. The van der Waals surface area contributed by atoms with Gasteiger partial charge in [-0.25, -0.2) is 4.79 Å². The number of hydrogen-bond donors (Lipinski definition) is 2. The fourth-order valence-corrected chi connectivity index (χ4v) is 1.62. The Morgan fingerprint density at radius 1 is 1.28 bits per heavy atom. The van der Waals surface area contributed by atoms with Crippen LogP contribution < -0.4 is 10.6 Å². The number of alkyl halides is 1. The molecule has 5 heteroatoms. The van der Waals surface area contributed by atoms with Gasteiger partial charge in [0.25, 0.3) is 0 Å². The van der Waals surface area contributed by atoms with Crippen molar-refractivity contribution in [1.82, 2.24) is 10.6 Å². The van der Waals surface area contributed by atoms with Gasteiger partial charge < -0.3 is 5.32 Å². The van der Waals surface area contributed by atoms with Crippen LogP contribution in [0.25, 0.3) is 0 Å². The highest BCUT2D eigenvalue weighted by Gasteiger charge is 2.07. The number of carbonyl (C=O) groups is 2. The fraction of sp³-hybridized carbons (Fsp3) is 0.385. The molecule has 0 saturated heterocycles. The van der Waals surface area contributed by atoms with Crippen molar-refractivity contribution in [3.63, 3.8) is 0 Å². The maximum absolute atomic E-state index is 11.2. The third-order valence-electron chi connectivity index (χ3n) is 2.61. The molecule has 98 valence electrons. The summed E-state index contributed by atoms with van der Waals surface area (Å²) in [6.07, 6.45) is 0.812. The molecule has 0 aliphatic carbocycles. The summed E-state index contributed by atoms with van der Waals surface area (Å²) in [5, 5.41) is 4.74. The molecule has 0 fully saturated rings. The van der Waals surface area contributed by atoms with Crippen LogP contribution in [0.1, 0.15) is 24.8 Å². The van der Waals surface area contributed by atoms with Crippen LogP contribution in [0, 0.1) is 0 Å². The molecule has 0 aromatic heterocycles. The maximum atomic E-state index is 11.2. The van der Waals surface area contributed by atoms with E-state index in [1.54, 1.807) is 0 Å². The summed E-state index contributed by atoms with van der Waals surface area (Å²) in [6, 6.07) is 9.57. The Labute approximate surface area is 112 Å². The Hall–Kier alpha value is -1.55. The normalized spacial score (nSPS) is 11.7. The van der Waals surface area contributed by atoms with Crippen molar-refractivity contribution in [2.45, 2.75) is 19.3 Å². The van der Waals surface area contributed by atoms with E-state index in [2.05, 4.69) is 29.7 Å². The van der Waals surface area contributed by atoms with Crippen molar-refractivity contribution < 1.29 is 9.59 Å². The van der Waals surface area contributed by atoms with Crippen LogP contribution in [-0.4, -0.2) is 24.4 Å². The Morgan fingerprint density at radius 3 is 2.56 bits per heavy atom. The quantitative estimate of drug-likeness (QED) is 0.805. The van der Waals surface area contributed by atoms with E-state index in [1.165, 1.54) is 5.56 Å². The number of amides is 3. The van der Waals surface area contributed by atoms with Crippen LogP contribution in [0.15, 0.2) is 30.3 Å². The van der Waals surface area contributed by atoms with E-state index in [1.807, 2.05) is 18.2 Å². The summed E-state index contributed by atoms with van der Waals surface area (Å²) in [7, 11) is 0. The highest BCUT2D eigenvalue weighted by Crippen LogP contribution is 2.17. The van der Waals surface area contributed by atoms with Crippen molar-refractivity contribution in [2.75, 3.05) is 12.4 Å². The number of imide groups is 1. The highest BCUT2D eigenvalue weighted by molar-refractivity contribution is 6.28. The van der Waals surface area contributed by atoms with Gasteiger partial charge in [0.05, 0.1) is 0 Å². The Kier molecular flexibility index (Phi) is 6.22. The fourth-order valence-electron chi connectivity index (χ4n) is 1.55. The SMILES string of the molecule is CC(CCNC(=O)NC(=O)CCl)c1ccccc1. The molecule has 0 aliphatic rings. The van der Waals surface area contributed by atoms with Gasteiger partial charge in [0, 0.05) is 6.54 Å². The molecule has 0 spiro atoms. The first-order chi connectivity index (χ1) is 8.63. The predicted molar refractivity (Wildman–Crippen MR) is 71.7 cm³/mol. The van der Waals surface area contributed by atoms with Gasteiger partial charge in [-0.3, -0.25) is 10.1 Å². The zero-order chi connectivity index (χ0) is 13.4. The third-order valence-corrected chi connectivity index (χ3v) is 2.85. The lowest BCUT2D eigenvalue weighted by Gasteiger charge is -2.12. The average molecular weight is 269 g/mol. The second-order valence-electron chi connectivity index (χ2n) is 4.04. The lowest BCUT2D eigenvalue weighted by molar-refractivity contribution is -0.117. The van der Waals surface area contributed by atoms with Crippen LogP contribution in [0.3, 0.4) is 0 Å². The van der Waals surface area contributed by atoms with Crippen molar-refractivity contribution in [3.8, 4) is 0 Å². The maximum Gasteiger partial charge on any atom is 0.321 e. The minimum Gasteiger partial charge on any atom is -0.338 e. The number of hydrogen-bond acceptors (Lipinski definition) is 2. The Morgan fingerprint density at radius 2 is 1.94 bits per heavy atom. The van der Waals surface area contributed by atoms with Crippen molar-refractivity contribution >= 4 is 23.5 Å². The molecule has 1 rings (SSSR count). The Balaban J connectivity index is 2.26. The molecule has 1 aromatic rings. The minimum atomic E-state index is -0.499. The number of benzene rings is 1. The molecule has 1 aromatic carbocycles. The first kappa shape index (κ1) is 14.5. The molecule has 0 aliphatic heterocycles. The molecule has 0 bridgehead atoms. The van der Waals surface area contributed by atoms with Crippen LogP contribution >= 0.6 is 11.6 Å². The Bertz CT molecular complexity index is 395.